The fourth-order valence-electron chi connectivity index (χ4n) is 8.29. The van der Waals surface area contributed by atoms with E-state index in [1.54, 1.807) is 12.5 Å². The zero-order chi connectivity index (χ0) is 24.6. The third-order valence-corrected chi connectivity index (χ3v) is 10.1. The standard InChI is InChI=1S/C28H40N4O3/c1-18(33)23-6-7-24-22-5-4-19-14-20(8-11-27(19,2)25(22)9-12-28(23,24)3)32-35-16-26(34)30-13-10-21-15-29-17-31-21/h14-15,17,22-25H,4-13,16H2,1-3H3,(H,29,31)(H,30,34)/b32-20-/t22-,23+,24-,25-,27-,28+/m0/s1. The normalized spacial score (nSPS) is 37.1. The van der Waals surface area contributed by atoms with E-state index < -0.39 is 0 Å². The molecule has 0 saturated heterocycles. The average molecular weight is 481 g/mol. The highest BCUT2D eigenvalue weighted by atomic mass is 16.6. The van der Waals surface area contributed by atoms with Gasteiger partial charge in [0.2, 0.25) is 0 Å². The maximum absolute atomic E-state index is 12.4. The average Bonchev–Trinajstić information content (AvgIpc) is 3.46. The molecule has 7 nitrogen and oxygen atoms in total. The molecular weight excluding hydrogens is 440 g/mol. The Kier molecular flexibility index (Phi) is 6.62. The van der Waals surface area contributed by atoms with E-state index in [0.717, 1.165) is 43.0 Å². The lowest BCUT2D eigenvalue weighted by molar-refractivity contribution is -0.128. The van der Waals surface area contributed by atoms with Crippen LogP contribution in [0.3, 0.4) is 0 Å². The number of Topliss-reactive ketones (excluding diaryl/α,β-unsaturated/α-hetero) is 1. The lowest BCUT2D eigenvalue weighted by Gasteiger charge is -2.58. The van der Waals surface area contributed by atoms with Crippen LogP contribution in [-0.2, 0) is 20.8 Å². The maximum Gasteiger partial charge on any atom is 0.260 e. The first kappa shape index (κ1) is 24.3. The van der Waals surface area contributed by atoms with Gasteiger partial charge in [-0.15, -0.1) is 0 Å². The Bertz CT molecular complexity index is 1020. The summed E-state index contributed by atoms with van der Waals surface area (Å²) in [6.07, 6.45) is 15.4. The number of allylic oxidation sites excluding steroid dienone is 2. The molecule has 0 radical (unpaired) electrons. The van der Waals surface area contributed by atoms with Gasteiger partial charge in [-0.25, -0.2) is 4.98 Å². The predicted molar refractivity (Wildman–Crippen MR) is 135 cm³/mol. The first-order valence-electron chi connectivity index (χ1n) is 13.5. The van der Waals surface area contributed by atoms with Crippen molar-refractivity contribution >= 4 is 17.4 Å². The van der Waals surface area contributed by atoms with E-state index in [1.165, 1.54) is 31.3 Å². The number of amides is 1. The number of H-pyrrole nitrogens is 1. The largest absolute Gasteiger partial charge is 0.385 e. The van der Waals surface area contributed by atoms with Crippen molar-refractivity contribution in [2.45, 2.75) is 78.6 Å². The van der Waals surface area contributed by atoms with Crippen molar-refractivity contribution in [3.05, 3.63) is 29.9 Å². The molecule has 4 aliphatic rings. The van der Waals surface area contributed by atoms with Crippen LogP contribution in [0.5, 0.6) is 0 Å². The van der Waals surface area contributed by atoms with Crippen molar-refractivity contribution in [3.63, 3.8) is 0 Å². The van der Waals surface area contributed by atoms with Crippen molar-refractivity contribution in [2.24, 2.45) is 39.7 Å². The van der Waals surface area contributed by atoms with E-state index in [4.69, 9.17) is 4.84 Å². The third-order valence-electron chi connectivity index (χ3n) is 10.1. The van der Waals surface area contributed by atoms with Crippen LogP contribution in [-0.4, -0.2) is 40.5 Å². The second kappa shape index (κ2) is 9.55. The lowest BCUT2D eigenvalue weighted by Crippen LogP contribution is -2.51. The fraction of sp³-hybridized carbons (Fsp3) is 0.714. The summed E-state index contributed by atoms with van der Waals surface area (Å²) < 4.78 is 0. The van der Waals surface area contributed by atoms with Crippen LogP contribution < -0.4 is 5.32 Å². The predicted octanol–water partition coefficient (Wildman–Crippen LogP) is 4.61. The van der Waals surface area contributed by atoms with Crippen LogP contribution in [0.4, 0.5) is 0 Å². The molecule has 1 aromatic rings. The molecule has 7 heteroatoms. The van der Waals surface area contributed by atoms with Crippen molar-refractivity contribution in [2.75, 3.05) is 13.2 Å². The molecule has 2 N–H and O–H groups in total. The summed E-state index contributed by atoms with van der Waals surface area (Å²) >= 11 is 0. The fourth-order valence-corrected chi connectivity index (χ4v) is 8.29. The highest BCUT2D eigenvalue weighted by molar-refractivity contribution is 5.96. The molecule has 190 valence electrons. The Morgan fingerprint density at radius 3 is 2.80 bits per heavy atom. The van der Waals surface area contributed by atoms with Gasteiger partial charge in [-0.2, -0.15) is 0 Å². The van der Waals surface area contributed by atoms with Crippen molar-refractivity contribution < 1.29 is 14.4 Å². The van der Waals surface area contributed by atoms with Crippen LogP contribution in [0.2, 0.25) is 0 Å². The number of imidazole rings is 1. The van der Waals surface area contributed by atoms with Gasteiger partial charge in [0.25, 0.3) is 5.91 Å². The minimum atomic E-state index is -0.159. The molecule has 1 heterocycles. The Labute approximate surface area is 208 Å². The summed E-state index contributed by atoms with van der Waals surface area (Å²) in [5.74, 6) is 2.64. The summed E-state index contributed by atoms with van der Waals surface area (Å²) in [5, 5.41) is 7.18. The van der Waals surface area contributed by atoms with E-state index in [0.29, 0.717) is 30.6 Å². The Morgan fingerprint density at radius 2 is 2.03 bits per heavy atom. The SMILES string of the molecule is CC(=O)[C@H]1CC[C@H]2[C@@H]3CCC4=C/C(=N\OCC(=O)NCCc5cnc[nH]5)CC[C@]4(C)[C@H]3CC[C@]12C. The van der Waals surface area contributed by atoms with Crippen LogP contribution >= 0.6 is 0 Å². The summed E-state index contributed by atoms with van der Waals surface area (Å²) in [4.78, 5) is 36.8. The van der Waals surface area contributed by atoms with Crippen molar-refractivity contribution in [1.29, 1.82) is 0 Å². The lowest BCUT2D eigenvalue weighted by atomic mass is 9.46. The molecule has 35 heavy (non-hydrogen) atoms. The number of hydrogen-bond donors (Lipinski definition) is 2. The van der Waals surface area contributed by atoms with E-state index in [1.807, 2.05) is 6.92 Å². The van der Waals surface area contributed by atoms with Gasteiger partial charge < -0.3 is 15.1 Å². The number of carbonyl (C=O) groups excluding carboxylic acids is 2. The number of rotatable bonds is 7. The van der Waals surface area contributed by atoms with Gasteiger partial charge in [0.15, 0.2) is 6.61 Å². The summed E-state index contributed by atoms with van der Waals surface area (Å²) in [5.41, 5.74) is 3.90. The molecule has 3 saturated carbocycles. The number of nitrogens with one attached hydrogen (secondary N) is 2. The second-order valence-electron chi connectivity index (χ2n) is 11.8. The molecule has 1 amide bonds. The maximum atomic E-state index is 12.4. The number of hydrogen-bond acceptors (Lipinski definition) is 5. The second-order valence-corrected chi connectivity index (χ2v) is 11.8. The van der Waals surface area contributed by atoms with E-state index in [-0.39, 0.29) is 29.3 Å². The zero-order valence-corrected chi connectivity index (χ0v) is 21.4. The van der Waals surface area contributed by atoms with Gasteiger partial charge in [-0.3, -0.25) is 9.59 Å². The number of carbonyl (C=O) groups is 2. The Hall–Kier alpha value is -2.44. The van der Waals surface area contributed by atoms with Crippen molar-refractivity contribution in [3.8, 4) is 0 Å². The van der Waals surface area contributed by atoms with Gasteiger partial charge in [0.1, 0.15) is 5.78 Å². The van der Waals surface area contributed by atoms with Crippen LogP contribution in [0.25, 0.3) is 0 Å². The molecule has 6 atom stereocenters. The molecule has 0 unspecified atom stereocenters. The molecule has 5 rings (SSSR count). The summed E-state index contributed by atoms with van der Waals surface area (Å²) in [7, 11) is 0. The monoisotopic (exact) mass is 480 g/mol. The highest BCUT2D eigenvalue weighted by Crippen LogP contribution is 2.66. The Balaban J connectivity index is 1.18. The van der Waals surface area contributed by atoms with Crippen LogP contribution in [0, 0.1) is 34.5 Å². The van der Waals surface area contributed by atoms with Crippen molar-refractivity contribution in [1.82, 2.24) is 15.3 Å². The number of fused-ring (bicyclic) bond motifs is 5. The first-order valence-corrected chi connectivity index (χ1v) is 13.5. The smallest absolute Gasteiger partial charge is 0.260 e. The minimum absolute atomic E-state index is 0.0603. The van der Waals surface area contributed by atoms with Gasteiger partial charge in [0, 0.05) is 30.8 Å². The summed E-state index contributed by atoms with van der Waals surface area (Å²) in [6.45, 7) is 7.17. The molecular formula is C28H40N4O3. The molecule has 0 bridgehead atoms. The topological polar surface area (TPSA) is 96.4 Å². The van der Waals surface area contributed by atoms with Gasteiger partial charge >= 0.3 is 0 Å². The summed E-state index contributed by atoms with van der Waals surface area (Å²) in [6, 6.07) is 0. The molecule has 0 aromatic carbocycles. The zero-order valence-electron chi connectivity index (χ0n) is 21.4. The molecule has 3 fully saturated rings. The van der Waals surface area contributed by atoms with E-state index in [9.17, 15) is 9.59 Å². The highest BCUT2D eigenvalue weighted by Gasteiger charge is 2.59. The number of oxime groups is 1. The van der Waals surface area contributed by atoms with Gasteiger partial charge in [0.05, 0.1) is 12.0 Å². The molecule has 1 aromatic heterocycles. The first-order chi connectivity index (χ1) is 16.8. The van der Waals surface area contributed by atoms with E-state index >= 15 is 0 Å². The third kappa shape index (κ3) is 4.47. The van der Waals surface area contributed by atoms with Gasteiger partial charge in [-0.1, -0.05) is 24.6 Å². The van der Waals surface area contributed by atoms with Gasteiger partial charge in [-0.05, 0) is 93.0 Å². The number of aromatic nitrogens is 2. The molecule has 4 aliphatic carbocycles. The number of nitrogens with zero attached hydrogens (tertiary/aromatic N) is 2. The Morgan fingerprint density at radius 1 is 1.17 bits per heavy atom. The molecule has 0 spiro atoms. The van der Waals surface area contributed by atoms with E-state index in [2.05, 4.69) is 40.4 Å². The number of ketones is 1. The quantitative estimate of drug-likeness (QED) is 0.557. The van der Waals surface area contributed by atoms with Crippen LogP contribution in [0.15, 0.2) is 29.3 Å². The molecule has 0 aliphatic heterocycles. The van der Waals surface area contributed by atoms with Crippen LogP contribution in [0.1, 0.15) is 77.8 Å². The minimum Gasteiger partial charge on any atom is -0.385 e. The number of aromatic amines is 1.